The van der Waals surface area contributed by atoms with Gasteiger partial charge >= 0.3 is 0 Å². The summed E-state index contributed by atoms with van der Waals surface area (Å²) in [5, 5.41) is 0. The zero-order valence-electron chi connectivity index (χ0n) is 7.56. The van der Waals surface area contributed by atoms with Crippen molar-refractivity contribution >= 4 is 16.3 Å². The van der Waals surface area contributed by atoms with Gasteiger partial charge in [-0.1, -0.05) is 12.2 Å². The van der Waals surface area contributed by atoms with E-state index in [1.807, 2.05) is 0 Å². The van der Waals surface area contributed by atoms with Crippen molar-refractivity contribution in [2.75, 3.05) is 19.3 Å². The number of aldehydes is 1. The molecule has 5 heteroatoms. The summed E-state index contributed by atoms with van der Waals surface area (Å²) in [7, 11) is -3.13. The second-order valence-corrected chi connectivity index (χ2v) is 5.30. The second-order valence-electron chi connectivity index (χ2n) is 3.31. The summed E-state index contributed by atoms with van der Waals surface area (Å²) in [6.45, 7) is 4.51. The highest BCUT2D eigenvalue weighted by atomic mass is 32.2. The highest BCUT2D eigenvalue weighted by Crippen LogP contribution is 2.24. The van der Waals surface area contributed by atoms with Crippen molar-refractivity contribution in [1.82, 2.24) is 4.31 Å². The van der Waals surface area contributed by atoms with Crippen molar-refractivity contribution in [2.45, 2.75) is 6.42 Å². The molecule has 1 rings (SSSR count). The Hall–Kier alpha value is -0.680. The van der Waals surface area contributed by atoms with E-state index in [2.05, 4.69) is 6.58 Å². The molecule has 0 aromatic heterocycles. The van der Waals surface area contributed by atoms with Gasteiger partial charge in [-0.3, -0.25) is 0 Å². The lowest BCUT2D eigenvalue weighted by molar-refractivity contribution is -0.108. The van der Waals surface area contributed by atoms with E-state index in [9.17, 15) is 13.2 Å². The molecule has 0 spiro atoms. The minimum absolute atomic E-state index is 0.00669. The molecule has 0 radical (unpaired) electrons. The molecular formula is C8H13NO3S. The van der Waals surface area contributed by atoms with E-state index >= 15 is 0 Å². The van der Waals surface area contributed by atoms with Crippen molar-refractivity contribution in [2.24, 2.45) is 5.92 Å². The first kappa shape index (κ1) is 10.4. The molecule has 0 aromatic carbocycles. The fourth-order valence-corrected chi connectivity index (χ4v) is 2.26. The molecular weight excluding hydrogens is 190 g/mol. The number of carbonyl (C=O) groups excluding carboxylic acids is 1. The molecule has 74 valence electrons. The highest BCUT2D eigenvalue weighted by Gasteiger charge is 2.30. The molecule has 0 bridgehead atoms. The summed E-state index contributed by atoms with van der Waals surface area (Å²) < 4.78 is 23.6. The SMILES string of the molecule is C=C1CN(S(C)(=O)=O)C[C@H]1CC=O. The summed E-state index contributed by atoms with van der Waals surface area (Å²) in [5.74, 6) is 0.00669. The summed E-state index contributed by atoms with van der Waals surface area (Å²) in [5.41, 5.74) is 0.831. The minimum atomic E-state index is -3.13. The maximum atomic E-state index is 11.1. The first-order valence-corrected chi connectivity index (χ1v) is 5.86. The van der Waals surface area contributed by atoms with Crippen LogP contribution >= 0.6 is 0 Å². The normalized spacial score (nSPS) is 25.0. The van der Waals surface area contributed by atoms with E-state index in [1.165, 1.54) is 10.6 Å². The van der Waals surface area contributed by atoms with Crippen LogP contribution in [0.3, 0.4) is 0 Å². The first-order chi connectivity index (χ1) is 5.95. The van der Waals surface area contributed by atoms with Crippen LogP contribution in [0.15, 0.2) is 12.2 Å². The lowest BCUT2D eigenvalue weighted by Gasteiger charge is -2.11. The van der Waals surface area contributed by atoms with Gasteiger partial charge in [0.05, 0.1) is 6.26 Å². The van der Waals surface area contributed by atoms with Gasteiger partial charge in [0.1, 0.15) is 6.29 Å². The summed E-state index contributed by atoms with van der Waals surface area (Å²) >= 11 is 0. The van der Waals surface area contributed by atoms with Crippen LogP contribution < -0.4 is 0 Å². The fraction of sp³-hybridized carbons (Fsp3) is 0.625. The molecule has 1 atom stereocenters. The molecule has 0 saturated carbocycles. The van der Waals surface area contributed by atoms with Crippen LogP contribution in [0.2, 0.25) is 0 Å². The third-order valence-corrected chi connectivity index (χ3v) is 3.45. The Morgan fingerprint density at radius 2 is 2.31 bits per heavy atom. The van der Waals surface area contributed by atoms with Gasteiger partial charge in [0.15, 0.2) is 0 Å². The number of nitrogens with zero attached hydrogens (tertiary/aromatic N) is 1. The molecule has 1 fully saturated rings. The van der Waals surface area contributed by atoms with Crippen molar-refractivity contribution in [1.29, 1.82) is 0 Å². The number of sulfonamides is 1. The lowest BCUT2D eigenvalue weighted by atomic mass is 10.0. The molecule has 0 aliphatic carbocycles. The van der Waals surface area contributed by atoms with Crippen LogP contribution in [-0.2, 0) is 14.8 Å². The van der Waals surface area contributed by atoms with Crippen LogP contribution in [0.25, 0.3) is 0 Å². The summed E-state index contributed by atoms with van der Waals surface area (Å²) in [4.78, 5) is 10.3. The molecule has 13 heavy (non-hydrogen) atoms. The lowest BCUT2D eigenvalue weighted by Crippen LogP contribution is -2.27. The standard InChI is InChI=1S/C8H13NO3S/c1-7-5-9(13(2,11)12)6-8(7)3-4-10/h4,8H,1,3,5-6H2,2H3/t8-/m1/s1. The number of hydrogen-bond acceptors (Lipinski definition) is 3. The van der Waals surface area contributed by atoms with Gasteiger partial charge in [-0.25, -0.2) is 8.42 Å². The van der Waals surface area contributed by atoms with E-state index < -0.39 is 10.0 Å². The van der Waals surface area contributed by atoms with Crippen LogP contribution in [0, 0.1) is 5.92 Å². The highest BCUT2D eigenvalue weighted by molar-refractivity contribution is 7.88. The smallest absolute Gasteiger partial charge is 0.211 e. The average Bonchev–Trinajstić information content (AvgIpc) is 2.32. The molecule has 1 heterocycles. The van der Waals surface area contributed by atoms with E-state index in [0.29, 0.717) is 19.5 Å². The van der Waals surface area contributed by atoms with Gasteiger partial charge in [-0.15, -0.1) is 0 Å². The maximum absolute atomic E-state index is 11.1. The number of carbonyl (C=O) groups is 1. The maximum Gasteiger partial charge on any atom is 0.211 e. The topological polar surface area (TPSA) is 54.5 Å². The predicted octanol–water partition coefficient (Wildman–Crippen LogP) is 0.0230. The fourth-order valence-electron chi connectivity index (χ4n) is 1.41. The Labute approximate surface area is 78.3 Å². The van der Waals surface area contributed by atoms with E-state index in [4.69, 9.17) is 0 Å². The molecule has 4 nitrogen and oxygen atoms in total. The van der Waals surface area contributed by atoms with Crippen LogP contribution in [-0.4, -0.2) is 38.4 Å². The van der Waals surface area contributed by atoms with Gasteiger partial charge in [-0.05, 0) is 0 Å². The van der Waals surface area contributed by atoms with Crippen molar-refractivity contribution < 1.29 is 13.2 Å². The Morgan fingerprint density at radius 1 is 1.69 bits per heavy atom. The molecule has 1 saturated heterocycles. The number of hydrogen-bond donors (Lipinski definition) is 0. The van der Waals surface area contributed by atoms with Gasteiger partial charge in [-0.2, -0.15) is 4.31 Å². The first-order valence-electron chi connectivity index (χ1n) is 4.01. The predicted molar refractivity (Wildman–Crippen MR) is 49.7 cm³/mol. The zero-order chi connectivity index (χ0) is 10.1. The van der Waals surface area contributed by atoms with Crippen LogP contribution in [0.4, 0.5) is 0 Å². The van der Waals surface area contributed by atoms with Crippen molar-refractivity contribution in [3.63, 3.8) is 0 Å². The zero-order valence-corrected chi connectivity index (χ0v) is 8.38. The molecule has 1 aliphatic heterocycles. The van der Waals surface area contributed by atoms with Gasteiger partial charge in [0, 0.05) is 25.4 Å². The Morgan fingerprint density at radius 3 is 2.69 bits per heavy atom. The van der Waals surface area contributed by atoms with Crippen molar-refractivity contribution in [3.8, 4) is 0 Å². The monoisotopic (exact) mass is 203 g/mol. The molecule has 0 aromatic rings. The number of rotatable bonds is 3. The Bertz CT molecular complexity index is 320. The third kappa shape index (κ3) is 2.38. The average molecular weight is 203 g/mol. The minimum Gasteiger partial charge on any atom is -0.303 e. The van der Waals surface area contributed by atoms with E-state index in [-0.39, 0.29) is 5.92 Å². The molecule has 0 amide bonds. The second kappa shape index (κ2) is 3.59. The quantitative estimate of drug-likeness (QED) is 0.480. The third-order valence-electron chi connectivity index (χ3n) is 2.23. The Balaban J connectivity index is 2.71. The van der Waals surface area contributed by atoms with E-state index in [0.717, 1.165) is 11.9 Å². The Kier molecular flexibility index (Phi) is 2.87. The van der Waals surface area contributed by atoms with Crippen LogP contribution in [0.1, 0.15) is 6.42 Å². The van der Waals surface area contributed by atoms with Crippen molar-refractivity contribution in [3.05, 3.63) is 12.2 Å². The summed E-state index contributed by atoms with van der Waals surface area (Å²) in [6.07, 6.45) is 2.34. The summed E-state index contributed by atoms with van der Waals surface area (Å²) in [6, 6.07) is 0. The van der Waals surface area contributed by atoms with Gasteiger partial charge in [0.25, 0.3) is 0 Å². The molecule has 0 N–H and O–H groups in total. The van der Waals surface area contributed by atoms with Crippen LogP contribution in [0.5, 0.6) is 0 Å². The van der Waals surface area contributed by atoms with E-state index in [1.54, 1.807) is 0 Å². The molecule has 0 unspecified atom stereocenters. The largest absolute Gasteiger partial charge is 0.303 e. The van der Waals surface area contributed by atoms with Gasteiger partial charge in [0.2, 0.25) is 10.0 Å². The van der Waals surface area contributed by atoms with Gasteiger partial charge < -0.3 is 4.79 Å². The molecule has 1 aliphatic rings.